The third-order valence-corrected chi connectivity index (χ3v) is 6.35. The summed E-state index contributed by atoms with van der Waals surface area (Å²) in [6.45, 7) is 1.66. The third kappa shape index (κ3) is 4.88. The Morgan fingerprint density at radius 1 is 1.22 bits per heavy atom. The first kappa shape index (κ1) is 20.7. The molecule has 0 amide bonds. The molecule has 2 aromatic rings. The summed E-state index contributed by atoms with van der Waals surface area (Å²) in [6.07, 6.45) is 0.973. The summed E-state index contributed by atoms with van der Waals surface area (Å²) in [5.41, 5.74) is 2.31. The van der Waals surface area contributed by atoms with E-state index in [0.29, 0.717) is 41.1 Å². The third-order valence-electron chi connectivity index (χ3n) is 4.82. The summed E-state index contributed by atoms with van der Waals surface area (Å²) in [4.78, 5) is 1.35. The van der Waals surface area contributed by atoms with Gasteiger partial charge in [-0.05, 0) is 42.2 Å². The van der Waals surface area contributed by atoms with Gasteiger partial charge in [-0.15, -0.1) is 11.3 Å². The zero-order chi connectivity index (χ0) is 19.6. The smallest absolute Gasteiger partial charge is 0.137 e. The number of thiophene rings is 1. The van der Waals surface area contributed by atoms with Crippen LogP contribution in [0.4, 0.5) is 4.39 Å². The zero-order valence-electron chi connectivity index (χ0n) is 15.1. The van der Waals surface area contributed by atoms with Gasteiger partial charge in [0, 0.05) is 40.6 Å². The van der Waals surface area contributed by atoms with Crippen LogP contribution in [0.15, 0.2) is 18.2 Å². The summed E-state index contributed by atoms with van der Waals surface area (Å²) in [6, 6.07) is 5.10. The summed E-state index contributed by atoms with van der Waals surface area (Å²) in [5.74, 6) is -0.306. The van der Waals surface area contributed by atoms with Crippen LogP contribution in [0.25, 0.3) is 0 Å². The van der Waals surface area contributed by atoms with Gasteiger partial charge in [-0.25, -0.2) is 4.39 Å². The molecule has 1 fully saturated rings. The van der Waals surface area contributed by atoms with Crippen LogP contribution in [0.2, 0.25) is 5.02 Å². The molecule has 0 bridgehead atoms. The lowest BCUT2D eigenvalue weighted by atomic mass is 9.91. The first-order valence-corrected chi connectivity index (χ1v) is 10.2. The van der Waals surface area contributed by atoms with E-state index in [1.54, 1.807) is 6.07 Å². The maximum absolute atomic E-state index is 14.0. The topological polar surface area (TPSA) is 69.9 Å². The van der Waals surface area contributed by atoms with Gasteiger partial charge in [0.1, 0.15) is 5.82 Å². The molecule has 0 radical (unpaired) electrons. The van der Waals surface area contributed by atoms with Crippen molar-refractivity contribution in [1.29, 1.82) is 0 Å². The normalized spacial score (nSPS) is 23.0. The standard InChI is InChI=1S/C20H24ClFO4S/c1-11-4-14(25)8-19(26-11)16-6-12(17(21)7-13(16)10-24)5-15-9-18(22)20(27-15)2-3-23/h6-7,9,11,14,19,23-25H,2-5,8,10H2,1H3. The second kappa shape index (κ2) is 8.99. The molecule has 3 atom stereocenters. The van der Waals surface area contributed by atoms with Gasteiger partial charge in [0.25, 0.3) is 0 Å². The molecule has 148 valence electrons. The molecule has 3 unspecified atom stereocenters. The molecule has 1 aromatic carbocycles. The van der Waals surface area contributed by atoms with Crippen molar-refractivity contribution in [3.05, 3.63) is 55.5 Å². The minimum Gasteiger partial charge on any atom is -0.396 e. The Bertz CT molecular complexity index is 785. The predicted molar refractivity (Wildman–Crippen MR) is 104 cm³/mol. The van der Waals surface area contributed by atoms with Gasteiger partial charge in [-0.3, -0.25) is 0 Å². The molecular formula is C20H24ClFO4S. The first-order valence-electron chi connectivity index (χ1n) is 9.04. The van der Waals surface area contributed by atoms with E-state index in [0.717, 1.165) is 16.0 Å². The van der Waals surface area contributed by atoms with Gasteiger partial charge in [0.05, 0.1) is 24.9 Å². The Balaban J connectivity index is 1.91. The Kier molecular flexibility index (Phi) is 6.89. The molecule has 4 nitrogen and oxygen atoms in total. The highest BCUT2D eigenvalue weighted by molar-refractivity contribution is 7.12. The van der Waals surface area contributed by atoms with Gasteiger partial charge in [-0.2, -0.15) is 0 Å². The van der Waals surface area contributed by atoms with E-state index in [4.69, 9.17) is 21.4 Å². The van der Waals surface area contributed by atoms with Crippen LogP contribution in [0.1, 0.15) is 52.3 Å². The number of aliphatic hydroxyl groups is 3. The van der Waals surface area contributed by atoms with Crippen LogP contribution < -0.4 is 0 Å². The number of ether oxygens (including phenoxy) is 1. The Morgan fingerprint density at radius 3 is 2.67 bits per heavy atom. The average molecular weight is 415 g/mol. The van der Waals surface area contributed by atoms with E-state index >= 15 is 0 Å². The van der Waals surface area contributed by atoms with Crippen molar-refractivity contribution in [2.45, 2.75) is 57.5 Å². The molecule has 3 rings (SSSR count). The fourth-order valence-corrected chi connectivity index (χ4v) is 4.88. The molecule has 3 N–H and O–H groups in total. The molecule has 1 aliphatic heterocycles. The second-order valence-electron chi connectivity index (χ2n) is 7.00. The molecule has 1 aliphatic rings. The molecule has 2 heterocycles. The van der Waals surface area contributed by atoms with E-state index < -0.39 is 6.10 Å². The highest BCUT2D eigenvalue weighted by Gasteiger charge is 2.29. The van der Waals surface area contributed by atoms with Crippen molar-refractivity contribution in [3.8, 4) is 0 Å². The Labute approximate surface area is 167 Å². The second-order valence-corrected chi connectivity index (χ2v) is 8.62. The number of hydrogen-bond donors (Lipinski definition) is 3. The van der Waals surface area contributed by atoms with Gasteiger partial charge < -0.3 is 20.1 Å². The molecular weight excluding hydrogens is 391 g/mol. The molecule has 7 heteroatoms. The molecule has 1 aromatic heterocycles. The van der Waals surface area contributed by atoms with Gasteiger partial charge in [-0.1, -0.05) is 17.7 Å². The first-order chi connectivity index (χ1) is 12.9. The van der Waals surface area contributed by atoms with Crippen molar-refractivity contribution >= 4 is 22.9 Å². The van der Waals surface area contributed by atoms with Crippen molar-refractivity contribution in [1.82, 2.24) is 0 Å². The quantitative estimate of drug-likeness (QED) is 0.673. The van der Waals surface area contributed by atoms with E-state index in [2.05, 4.69) is 0 Å². The maximum Gasteiger partial charge on any atom is 0.137 e. The fourth-order valence-electron chi connectivity index (χ4n) is 3.57. The lowest BCUT2D eigenvalue weighted by Gasteiger charge is -2.33. The van der Waals surface area contributed by atoms with Gasteiger partial charge >= 0.3 is 0 Å². The highest BCUT2D eigenvalue weighted by Crippen LogP contribution is 2.36. The van der Waals surface area contributed by atoms with Crippen molar-refractivity contribution in [2.24, 2.45) is 0 Å². The molecule has 1 saturated heterocycles. The largest absolute Gasteiger partial charge is 0.396 e. The summed E-state index contributed by atoms with van der Waals surface area (Å²) in [7, 11) is 0. The number of rotatable bonds is 6. The minimum atomic E-state index is -0.447. The van der Waals surface area contributed by atoms with Crippen molar-refractivity contribution in [2.75, 3.05) is 6.61 Å². The van der Waals surface area contributed by atoms with E-state index in [9.17, 15) is 14.6 Å². The van der Waals surface area contributed by atoms with E-state index in [1.165, 1.54) is 17.4 Å². The van der Waals surface area contributed by atoms with E-state index in [-0.39, 0.29) is 31.2 Å². The highest BCUT2D eigenvalue weighted by atomic mass is 35.5. The molecule has 0 aliphatic carbocycles. The van der Waals surface area contributed by atoms with Gasteiger partial charge in [0.2, 0.25) is 0 Å². The zero-order valence-corrected chi connectivity index (χ0v) is 16.7. The summed E-state index contributed by atoms with van der Waals surface area (Å²) in [5, 5.41) is 29.4. The summed E-state index contributed by atoms with van der Waals surface area (Å²) >= 11 is 7.73. The molecule has 0 spiro atoms. The van der Waals surface area contributed by atoms with Crippen LogP contribution in [0.5, 0.6) is 0 Å². The van der Waals surface area contributed by atoms with Crippen LogP contribution in [-0.2, 0) is 24.2 Å². The number of hydrogen-bond acceptors (Lipinski definition) is 5. The lowest BCUT2D eigenvalue weighted by molar-refractivity contribution is -0.0901. The maximum atomic E-state index is 14.0. The fraction of sp³-hybridized carbons (Fsp3) is 0.500. The van der Waals surface area contributed by atoms with Crippen molar-refractivity contribution in [3.63, 3.8) is 0 Å². The number of halogens is 2. The van der Waals surface area contributed by atoms with Gasteiger partial charge in [0.15, 0.2) is 0 Å². The van der Waals surface area contributed by atoms with Crippen LogP contribution in [0.3, 0.4) is 0 Å². The number of aliphatic hydroxyl groups excluding tert-OH is 3. The van der Waals surface area contributed by atoms with Crippen LogP contribution in [-0.4, -0.2) is 34.1 Å². The van der Waals surface area contributed by atoms with E-state index in [1.807, 2.05) is 13.0 Å². The SMILES string of the molecule is CC1CC(O)CC(c2cc(Cc3cc(F)c(CCO)s3)c(Cl)cc2CO)O1. The molecule has 27 heavy (non-hydrogen) atoms. The lowest BCUT2D eigenvalue weighted by Crippen LogP contribution is -2.30. The van der Waals surface area contributed by atoms with Crippen LogP contribution in [0, 0.1) is 5.82 Å². The molecule has 0 saturated carbocycles. The Morgan fingerprint density at radius 2 is 2.00 bits per heavy atom. The summed E-state index contributed by atoms with van der Waals surface area (Å²) < 4.78 is 19.9. The minimum absolute atomic E-state index is 0.0724. The Hall–Kier alpha value is -1.02. The monoisotopic (exact) mass is 414 g/mol. The number of benzene rings is 1. The average Bonchev–Trinajstić information content (AvgIpc) is 2.95. The predicted octanol–water partition coefficient (Wildman–Crippen LogP) is 3.76. The van der Waals surface area contributed by atoms with Crippen LogP contribution >= 0.6 is 22.9 Å². The van der Waals surface area contributed by atoms with Crippen molar-refractivity contribution < 1.29 is 24.4 Å².